The molecular weight excluding hydrogens is 412 g/mol. The fourth-order valence-electron chi connectivity index (χ4n) is 3.60. The van der Waals surface area contributed by atoms with Crippen molar-refractivity contribution >= 4 is 5.71 Å². The van der Waals surface area contributed by atoms with Crippen molar-refractivity contribution in [2.45, 2.75) is 26.6 Å². The molecule has 0 saturated heterocycles. The summed E-state index contributed by atoms with van der Waals surface area (Å²) in [5.41, 5.74) is 2.02. The molecule has 0 saturated carbocycles. The molecule has 3 aromatic heterocycles. The van der Waals surface area contributed by atoms with Gasteiger partial charge >= 0.3 is 0 Å². The standard InChI is InChI=1S/C25H34N8/c1-5-9-22(26-6-2)18-32(20-24-28-12-14-30(24)3)16-17-33(19-23-10-7-8-11-27-23)21-25-29-13-15-31(25)4/h5-15H,2,16-21H2,1,3-4H3/b9-5-,26-22+. The lowest BCUT2D eigenvalue weighted by molar-refractivity contribution is 0.192. The number of nitrogens with zero attached hydrogens (tertiary/aromatic N) is 8. The van der Waals surface area contributed by atoms with Crippen LogP contribution in [0.4, 0.5) is 0 Å². The van der Waals surface area contributed by atoms with Crippen molar-refractivity contribution in [1.82, 2.24) is 33.9 Å². The number of aliphatic imine (C=N–C) groups is 1. The first-order chi connectivity index (χ1) is 16.1. The number of imidazole rings is 2. The highest BCUT2D eigenvalue weighted by Crippen LogP contribution is 2.09. The van der Waals surface area contributed by atoms with Crippen molar-refractivity contribution in [3.63, 3.8) is 0 Å². The van der Waals surface area contributed by atoms with Crippen molar-refractivity contribution < 1.29 is 0 Å². The molecular formula is C25H34N8. The zero-order valence-electron chi connectivity index (χ0n) is 19.9. The third kappa shape index (κ3) is 7.62. The van der Waals surface area contributed by atoms with Crippen LogP contribution in [0.2, 0.25) is 0 Å². The van der Waals surface area contributed by atoms with Crippen molar-refractivity contribution in [3.05, 3.63) is 91.5 Å². The van der Waals surface area contributed by atoms with E-state index in [2.05, 4.69) is 51.5 Å². The molecule has 0 fully saturated rings. The largest absolute Gasteiger partial charge is 0.337 e. The first-order valence-electron chi connectivity index (χ1n) is 11.2. The number of hydrogen-bond acceptors (Lipinski definition) is 6. The van der Waals surface area contributed by atoms with E-state index < -0.39 is 0 Å². The van der Waals surface area contributed by atoms with E-state index in [1.54, 1.807) is 6.20 Å². The number of hydrogen-bond donors (Lipinski definition) is 0. The van der Waals surface area contributed by atoms with E-state index in [1.807, 2.05) is 76.3 Å². The predicted octanol–water partition coefficient (Wildman–Crippen LogP) is 3.21. The molecule has 0 bridgehead atoms. The molecule has 0 aliphatic carbocycles. The normalized spacial score (nSPS) is 12.3. The Hall–Kier alpha value is -3.36. The molecule has 3 aromatic rings. The van der Waals surface area contributed by atoms with Gasteiger partial charge in [-0.15, -0.1) is 0 Å². The first kappa shape index (κ1) is 24.3. The highest BCUT2D eigenvalue weighted by atomic mass is 15.2. The van der Waals surface area contributed by atoms with Crippen LogP contribution in [0.15, 0.2) is 79.1 Å². The van der Waals surface area contributed by atoms with E-state index in [0.717, 1.165) is 55.8 Å². The van der Waals surface area contributed by atoms with Crippen LogP contribution in [0, 0.1) is 0 Å². The second kappa shape index (κ2) is 12.6. The molecule has 8 heteroatoms. The second-order valence-corrected chi connectivity index (χ2v) is 7.95. The molecule has 0 atom stereocenters. The summed E-state index contributed by atoms with van der Waals surface area (Å²) in [7, 11) is 4.06. The van der Waals surface area contributed by atoms with Crippen LogP contribution in [0.1, 0.15) is 24.3 Å². The van der Waals surface area contributed by atoms with Gasteiger partial charge in [0.05, 0.1) is 24.5 Å². The van der Waals surface area contributed by atoms with Crippen LogP contribution in [-0.2, 0) is 33.7 Å². The molecule has 0 amide bonds. The van der Waals surface area contributed by atoms with Gasteiger partial charge in [-0.25, -0.2) is 9.97 Å². The smallest absolute Gasteiger partial charge is 0.122 e. The molecule has 0 unspecified atom stereocenters. The summed E-state index contributed by atoms with van der Waals surface area (Å²) in [4.78, 5) is 22.8. The van der Waals surface area contributed by atoms with Crippen molar-refractivity contribution in [2.24, 2.45) is 19.1 Å². The Balaban J connectivity index is 1.76. The molecule has 0 spiro atoms. The van der Waals surface area contributed by atoms with Gasteiger partial charge < -0.3 is 9.13 Å². The van der Waals surface area contributed by atoms with Crippen LogP contribution < -0.4 is 0 Å². The average molecular weight is 447 g/mol. The van der Waals surface area contributed by atoms with Crippen LogP contribution in [0.25, 0.3) is 0 Å². The Morgan fingerprint density at radius 3 is 2.15 bits per heavy atom. The van der Waals surface area contributed by atoms with Gasteiger partial charge in [-0.1, -0.05) is 18.7 Å². The van der Waals surface area contributed by atoms with Gasteiger partial charge in [0.1, 0.15) is 11.6 Å². The molecule has 3 rings (SSSR count). The van der Waals surface area contributed by atoms with Crippen molar-refractivity contribution in [1.29, 1.82) is 0 Å². The third-order valence-corrected chi connectivity index (χ3v) is 5.42. The van der Waals surface area contributed by atoms with Gasteiger partial charge in [-0.3, -0.25) is 19.8 Å². The van der Waals surface area contributed by atoms with Crippen molar-refractivity contribution in [2.75, 3.05) is 19.6 Å². The Morgan fingerprint density at radius 1 is 0.939 bits per heavy atom. The Labute approximate surface area is 196 Å². The number of rotatable bonds is 13. The summed E-state index contributed by atoms with van der Waals surface area (Å²) >= 11 is 0. The number of allylic oxidation sites excluding steroid dienone is 1. The zero-order chi connectivity index (χ0) is 23.5. The Kier molecular flexibility index (Phi) is 9.29. The summed E-state index contributed by atoms with van der Waals surface area (Å²) in [6, 6.07) is 6.05. The Morgan fingerprint density at radius 2 is 1.61 bits per heavy atom. The molecule has 0 radical (unpaired) electrons. The van der Waals surface area contributed by atoms with E-state index in [1.165, 1.54) is 0 Å². The predicted molar refractivity (Wildman–Crippen MR) is 132 cm³/mol. The topological polar surface area (TPSA) is 67.4 Å². The van der Waals surface area contributed by atoms with E-state index in [-0.39, 0.29) is 0 Å². The van der Waals surface area contributed by atoms with Crippen LogP contribution in [0.5, 0.6) is 0 Å². The number of aromatic nitrogens is 5. The van der Waals surface area contributed by atoms with Gasteiger partial charge in [0.25, 0.3) is 0 Å². The molecule has 0 N–H and O–H groups in total. The Bertz CT molecular complexity index is 1050. The minimum absolute atomic E-state index is 0.711. The highest BCUT2D eigenvalue weighted by molar-refractivity contribution is 5.96. The summed E-state index contributed by atoms with van der Waals surface area (Å²) in [6.45, 7) is 10.4. The van der Waals surface area contributed by atoms with Crippen molar-refractivity contribution in [3.8, 4) is 0 Å². The van der Waals surface area contributed by atoms with Gasteiger partial charge in [0.2, 0.25) is 0 Å². The summed E-state index contributed by atoms with van der Waals surface area (Å²) < 4.78 is 4.13. The number of pyridine rings is 1. The van der Waals surface area contributed by atoms with E-state index >= 15 is 0 Å². The molecule has 0 aromatic carbocycles. The second-order valence-electron chi connectivity index (χ2n) is 7.95. The highest BCUT2D eigenvalue weighted by Gasteiger charge is 2.16. The summed E-state index contributed by atoms with van der Waals surface area (Å²) in [5, 5.41) is 0. The molecule has 0 aliphatic rings. The first-order valence-corrected chi connectivity index (χ1v) is 11.2. The van der Waals surface area contributed by atoms with E-state index in [9.17, 15) is 0 Å². The summed E-state index contributed by atoms with van der Waals surface area (Å²) in [6.07, 6.45) is 15.1. The maximum atomic E-state index is 4.53. The van der Waals surface area contributed by atoms with E-state index in [4.69, 9.17) is 0 Å². The minimum atomic E-state index is 0.711. The molecule has 8 nitrogen and oxygen atoms in total. The monoisotopic (exact) mass is 446 g/mol. The maximum Gasteiger partial charge on any atom is 0.122 e. The molecule has 0 aliphatic heterocycles. The average Bonchev–Trinajstić information content (AvgIpc) is 3.40. The van der Waals surface area contributed by atoms with Crippen LogP contribution in [-0.4, -0.2) is 59.2 Å². The lowest BCUT2D eigenvalue weighted by Crippen LogP contribution is -2.38. The molecule has 3 heterocycles. The molecule has 174 valence electrons. The van der Waals surface area contributed by atoms with E-state index in [0.29, 0.717) is 6.54 Å². The van der Waals surface area contributed by atoms with Crippen LogP contribution in [0.3, 0.4) is 0 Å². The molecule has 33 heavy (non-hydrogen) atoms. The SMILES string of the molecule is C=C/N=C(\C=C/C)CN(CCN(Cc1ccccn1)Cc1nccn1C)Cc1nccn1C. The minimum Gasteiger partial charge on any atom is -0.337 e. The van der Waals surface area contributed by atoms with Crippen LogP contribution >= 0.6 is 0 Å². The quantitative estimate of drug-likeness (QED) is 0.377. The lowest BCUT2D eigenvalue weighted by atomic mass is 10.2. The van der Waals surface area contributed by atoms with Gasteiger partial charge in [-0.05, 0) is 25.1 Å². The maximum absolute atomic E-state index is 4.53. The fourth-order valence-corrected chi connectivity index (χ4v) is 3.60. The third-order valence-electron chi connectivity index (χ3n) is 5.42. The van der Waals surface area contributed by atoms with Gasteiger partial charge in [0.15, 0.2) is 0 Å². The fraction of sp³-hybridized carbons (Fsp3) is 0.360. The zero-order valence-corrected chi connectivity index (χ0v) is 19.9. The summed E-state index contributed by atoms with van der Waals surface area (Å²) in [5.74, 6) is 2.05. The van der Waals surface area contributed by atoms with Gasteiger partial charge in [-0.2, -0.15) is 0 Å². The van der Waals surface area contributed by atoms with Gasteiger partial charge in [0, 0.05) is 77.5 Å². The number of aryl methyl sites for hydroxylation is 2. The lowest BCUT2D eigenvalue weighted by Gasteiger charge is -2.27.